The van der Waals surface area contributed by atoms with Gasteiger partial charge in [-0.25, -0.2) is 0 Å². The van der Waals surface area contributed by atoms with Crippen LogP contribution in [0.15, 0.2) is 42.6 Å². The summed E-state index contributed by atoms with van der Waals surface area (Å²) in [6, 6.07) is 10.9. The SMILES string of the molecule is O=C(NCC1CCCO1)c1cc(Nc2cccc(Cl)c2)ccn1. The van der Waals surface area contributed by atoms with Crippen LogP contribution in [0.3, 0.4) is 0 Å². The molecule has 2 heterocycles. The van der Waals surface area contributed by atoms with E-state index in [9.17, 15) is 4.79 Å². The highest BCUT2D eigenvalue weighted by atomic mass is 35.5. The zero-order valence-corrected chi connectivity index (χ0v) is 13.3. The minimum atomic E-state index is -0.199. The van der Waals surface area contributed by atoms with Gasteiger partial charge in [0.25, 0.3) is 5.91 Å². The van der Waals surface area contributed by atoms with Crippen molar-refractivity contribution in [2.24, 2.45) is 0 Å². The Balaban J connectivity index is 1.63. The largest absolute Gasteiger partial charge is 0.376 e. The minimum absolute atomic E-state index is 0.117. The topological polar surface area (TPSA) is 63.2 Å². The molecule has 0 aliphatic carbocycles. The fourth-order valence-electron chi connectivity index (χ4n) is 2.47. The van der Waals surface area contributed by atoms with Crippen LogP contribution in [0.2, 0.25) is 5.02 Å². The molecular formula is C17H18ClN3O2. The van der Waals surface area contributed by atoms with Gasteiger partial charge >= 0.3 is 0 Å². The van der Waals surface area contributed by atoms with Gasteiger partial charge in [0.05, 0.1) is 6.10 Å². The lowest BCUT2D eigenvalue weighted by Gasteiger charge is -2.11. The van der Waals surface area contributed by atoms with E-state index in [2.05, 4.69) is 15.6 Å². The fourth-order valence-corrected chi connectivity index (χ4v) is 2.66. The number of pyridine rings is 1. The van der Waals surface area contributed by atoms with E-state index >= 15 is 0 Å². The highest BCUT2D eigenvalue weighted by Gasteiger charge is 2.17. The molecule has 3 rings (SSSR count). The molecule has 0 saturated carbocycles. The van der Waals surface area contributed by atoms with Crippen LogP contribution in [-0.4, -0.2) is 30.1 Å². The number of nitrogens with one attached hydrogen (secondary N) is 2. The molecule has 120 valence electrons. The van der Waals surface area contributed by atoms with Crippen molar-refractivity contribution < 1.29 is 9.53 Å². The Morgan fingerprint density at radius 2 is 2.17 bits per heavy atom. The molecule has 23 heavy (non-hydrogen) atoms. The van der Waals surface area contributed by atoms with Crippen LogP contribution in [0.25, 0.3) is 0 Å². The Morgan fingerprint density at radius 1 is 1.30 bits per heavy atom. The van der Waals surface area contributed by atoms with Gasteiger partial charge in [0.15, 0.2) is 0 Å². The van der Waals surface area contributed by atoms with Gasteiger partial charge in [0.2, 0.25) is 0 Å². The molecule has 1 aromatic carbocycles. The molecule has 2 aromatic rings. The fraction of sp³-hybridized carbons (Fsp3) is 0.294. The highest BCUT2D eigenvalue weighted by molar-refractivity contribution is 6.30. The van der Waals surface area contributed by atoms with E-state index in [4.69, 9.17) is 16.3 Å². The summed E-state index contributed by atoms with van der Waals surface area (Å²) in [6.45, 7) is 1.30. The van der Waals surface area contributed by atoms with Gasteiger partial charge < -0.3 is 15.4 Å². The molecule has 1 saturated heterocycles. The predicted molar refractivity (Wildman–Crippen MR) is 90.3 cm³/mol. The Labute approximate surface area is 140 Å². The first kappa shape index (κ1) is 15.8. The number of halogens is 1. The van der Waals surface area contributed by atoms with Crippen LogP contribution in [-0.2, 0) is 4.74 Å². The van der Waals surface area contributed by atoms with Crippen LogP contribution in [0.1, 0.15) is 23.3 Å². The Kier molecular flexibility index (Phi) is 5.10. The third-order valence-electron chi connectivity index (χ3n) is 3.62. The monoisotopic (exact) mass is 331 g/mol. The summed E-state index contributed by atoms with van der Waals surface area (Å²) in [4.78, 5) is 16.3. The summed E-state index contributed by atoms with van der Waals surface area (Å²) >= 11 is 5.97. The average Bonchev–Trinajstić information content (AvgIpc) is 3.06. The first-order valence-corrected chi connectivity index (χ1v) is 7.97. The van der Waals surface area contributed by atoms with Gasteiger partial charge in [-0.15, -0.1) is 0 Å². The second-order valence-corrected chi connectivity index (χ2v) is 5.85. The molecule has 1 aliphatic heterocycles. The number of benzene rings is 1. The summed E-state index contributed by atoms with van der Waals surface area (Å²) in [7, 11) is 0. The number of carbonyl (C=O) groups excluding carboxylic acids is 1. The molecule has 1 unspecified atom stereocenters. The van der Waals surface area contributed by atoms with Crippen molar-refractivity contribution >= 4 is 28.9 Å². The number of hydrogen-bond acceptors (Lipinski definition) is 4. The molecule has 0 radical (unpaired) electrons. The number of rotatable bonds is 5. The van der Waals surface area contributed by atoms with E-state index in [1.165, 1.54) is 0 Å². The van der Waals surface area contributed by atoms with Crippen molar-refractivity contribution in [3.05, 3.63) is 53.3 Å². The smallest absolute Gasteiger partial charge is 0.270 e. The number of anilines is 2. The lowest BCUT2D eigenvalue weighted by Crippen LogP contribution is -2.32. The van der Waals surface area contributed by atoms with Gasteiger partial charge in [0.1, 0.15) is 5.69 Å². The summed E-state index contributed by atoms with van der Waals surface area (Å²) in [5.74, 6) is -0.199. The maximum Gasteiger partial charge on any atom is 0.270 e. The second-order valence-electron chi connectivity index (χ2n) is 5.41. The van der Waals surface area contributed by atoms with Gasteiger partial charge in [0, 0.05) is 35.7 Å². The molecule has 1 atom stereocenters. The first-order valence-electron chi connectivity index (χ1n) is 7.59. The van der Waals surface area contributed by atoms with Gasteiger partial charge in [-0.2, -0.15) is 0 Å². The van der Waals surface area contributed by atoms with Crippen LogP contribution in [0, 0.1) is 0 Å². The molecule has 0 spiro atoms. The number of nitrogens with zero attached hydrogens (tertiary/aromatic N) is 1. The van der Waals surface area contributed by atoms with Gasteiger partial charge in [-0.3, -0.25) is 9.78 Å². The summed E-state index contributed by atoms with van der Waals surface area (Å²) in [6.07, 6.45) is 3.77. The molecule has 1 aliphatic rings. The predicted octanol–water partition coefficient (Wildman–Crippen LogP) is 3.39. The van der Waals surface area contributed by atoms with E-state index in [0.717, 1.165) is 30.8 Å². The maximum absolute atomic E-state index is 12.2. The second kappa shape index (κ2) is 7.44. The molecule has 6 heteroatoms. The zero-order chi connectivity index (χ0) is 16.1. The Bertz CT molecular complexity index is 687. The normalized spacial score (nSPS) is 17.0. The third-order valence-corrected chi connectivity index (χ3v) is 3.86. The summed E-state index contributed by atoms with van der Waals surface area (Å²) in [5.41, 5.74) is 2.01. The van der Waals surface area contributed by atoms with E-state index in [-0.39, 0.29) is 12.0 Å². The standard InChI is InChI=1S/C17H18ClN3O2/c18-12-3-1-4-13(9-12)21-14-6-7-19-16(10-14)17(22)20-11-15-5-2-8-23-15/h1,3-4,6-7,9-10,15H,2,5,8,11H2,(H,19,21)(H,20,22). The van der Waals surface area contributed by atoms with Crippen LogP contribution >= 0.6 is 11.6 Å². The van der Waals surface area contributed by atoms with E-state index in [1.807, 2.05) is 24.3 Å². The van der Waals surface area contributed by atoms with Crippen molar-refractivity contribution in [3.63, 3.8) is 0 Å². The highest BCUT2D eigenvalue weighted by Crippen LogP contribution is 2.20. The van der Waals surface area contributed by atoms with Crippen LogP contribution in [0.5, 0.6) is 0 Å². The number of aromatic nitrogens is 1. The van der Waals surface area contributed by atoms with Crippen molar-refractivity contribution in [2.45, 2.75) is 18.9 Å². The minimum Gasteiger partial charge on any atom is -0.376 e. The molecule has 1 amide bonds. The van der Waals surface area contributed by atoms with Crippen LogP contribution < -0.4 is 10.6 Å². The molecular weight excluding hydrogens is 314 g/mol. The van der Waals surface area contributed by atoms with Gasteiger partial charge in [-0.1, -0.05) is 17.7 Å². The quantitative estimate of drug-likeness (QED) is 0.881. The first-order chi connectivity index (χ1) is 11.2. The number of hydrogen-bond donors (Lipinski definition) is 2. The zero-order valence-electron chi connectivity index (χ0n) is 12.6. The number of carbonyl (C=O) groups is 1. The Hall–Kier alpha value is -2.11. The average molecular weight is 332 g/mol. The molecule has 5 nitrogen and oxygen atoms in total. The van der Waals surface area contributed by atoms with Crippen molar-refractivity contribution in [1.29, 1.82) is 0 Å². The number of amides is 1. The summed E-state index contributed by atoms with van der Waals surface area (Å²) < 4.78 is 5.49. The number of ether oxygens (including phenoxy) is 1. The molecule has 2 N–H and O–H groups in total. The van der Waals surface area contributed by atoms with Gasteiger partial charge in [-0.05, 0) is 43.2 Å². The molecule has 1 aromatic heterocycles. The van der Waals surface area contributed by atoms with Crippen molar-refractivity contribution in [2.75, 3.05) is 18.5 Å². The van der Waals surface area contributed by atoms with Crippen molar-refractivity contribution in [3.8, 4) is 0 Å². The lowest BCUT2D eigenvalue weighted by atomic mass is 10.2. The Morgan fingerprint density at radius 3 is 2.96 bits per heavy atom. The van der Waals surface area contributed by atoms with E-state index in [1.54, 1.807) is 18.3 Å². The summed E-state index contributed by atoms with van der Waals surface area (Å²) in [5, 5.41) is 6.73. The van der Waals surface area contributed by atoms with E-state index < -0.39 is 0 Å². The van der Waals surface area contributed by atoms with Crippen LogP contribution in [0.4, 0.5) is 11.4 Å². The lowest BCUT2D eigenvalue weighted by molar-refractivity contribution is 0.0854. The van der Waals surface area contributed by atoms with Crippen molar-refractivity contribution in [1.82, 2.24) is 10.3 Å². The molecule has 0 bridgehead atoms. The van der Waals surface area contributed by atoms with E-state index in [0.29, 0.717) is 17.3 Å². The third kappa shape index (κ3) is 4.43. The molecule has 1 fully saturated rings. The maximum atomic E-state index is 12.2.